The highest BCUT2D eigenvalue weighted by molar-refractivity contribution is 7.18. The van der Waals surface area contributed by atoms with Gasteiger partial charge in [0.2, 0.25) is 11.0 Å². The maximum absolute atomic E-state index is 12.3. The summed E-state index contributed by atoms with van der Waals surface area (Å²) in [6, 6.07) is 3.65. The van der Waals surface area contributed by atoms with Crippen LogP contribution in [0.1, 0.15) is 25.7 Å². The lowest BCUT2D eigenvalue weighted by Gasteiger charge is -2.19. The van der Waals surface area contributed by atoms with Crippen LogP contribution in [0.15, 0.2) is 22.8 Å². The molecule has 2 aliphatic carbocycles. The SMILES string of the molecule is O=C(Nc1nnc(-c2ccco2)s1)[C@@H]1C[C@H]2CC[C@H]1C2. The largest absolute Gasteiger partial charge is 0.462 e. The first-order chi connectivity index (χ1) is 9.79. The van der Waals surface area contributed by atoms with Gasteiger partial charge in [-0.3, -0.25) is 4.79 Å². The third kappa shape index (κ3) is 2.04. The molecule has 6 heteroatoms. The first-order valence-electron chi connectivity index (χ1n) is 6.98. The average molecular weight is 289 g/mol. The number of anilines is 1. The molecule has 2 aromatic heterocycles. The minimum absolute atomic E-state index is 0.111. The van der Waals surface area contributed by atoms with Gasteiger partial charge in [0, 0.05) is 5.92 Å². The van der Waals surface area contributed by atoms with Crippen molar-refractivity contribution in [3.8, 4) is 10.8 Å². The van der Waals surface area contributed by atoms with E-state index in [1.165, 1.54) is 30.6 Å². The Labute approximate surface area is 120 Å². The van der Waals surface area contributed by atoms with Crippen LogP contribution < -0.4 is 5.32 Å². The van der Waals surface area contributed by atoms with E-state index in [0.29, 0.717) is 21.8 Å². The standard InChI is InChI=1S/C14H15N3O2S/c18-12(10-7-8-3-4-9(10)6-8)15-14-17-16-13(20-14)11-2-1-5-19-11/h1-2,5,8-10H,3-4,6-7H2,(H,15,17,18)/t8-,9-,10+/m0/s1. The van der Waals surface area contributed by atoms with E-state index < -0.39 is 0 Å². The van der Waals surface area contributed by atoms with E-state index >= 15 is 0 Å². The fraction of sp³-hybridized carbons (Fsp3) is 0.500. The normalized spacial score (nSPS) is 27.9. The van der Waals surface area contributed by atoms with Crippen LogP contribution in [0.3, 0.4) is 0 Å². The molecule has 5 nitrogen and oxygen atoms in total. The molecule has 2 saturated carbocycles. The smallest absolute Gasteiger partial charge is 0.229 e. The van der Waals surface area contributed by atoms with Crippen LogP contribution in [-0.2, 0) is 4.79 Å². The van der Waals surface area contributed by atoms with Gasteiger partial charge in [-0.25, -0.2) is 0 Å². The van der Waals surface area contributed by atoms with E-state index in [1.54, 1.807) is 6.26 Å². The summed E-state index contributed by atoms with van der Waals surface area (Å²) >= 11 is 1.35. The Morgan fingerprint density at radius 1 is 1.35 bits per heavy atom. The zero-order valence-corrected chi connectivity index (χ0v) is 11.7. The second-order valence-corrected chi connectivity index (χ2v) is 6.64. The Morgan fingerprint density at radius 2 is 2.30 bits per heavy atom. The molecule has 2 aliphatic rings. The van der Waals surface area contributed by atoms with Crippen molar-refractivity contribution in [1.29, 1.82) is 0 Å². The number of fused-ring (bicyclic) bond motifs is 2. The highest BCUT2D eigenvalue weighted by Gasteiger charge is 2.43. The molecule has 4 rings (SSSR count). The summed E-state index contributed by atoms with van der Waals surface area (Å²) in [4.78, 5) is 12.3. The molecule has 1 amide bonds. The molecular formula is C14H15N3O2S. The van der Waals surface area contributed by atoms with E-state index in [4.69, 9.17) is 4.42 Å². The van der Waals surface area contributed by atoms with Gasteiger partial charge >= 0.3 is 0 Å². The third-order valence-corrected chi connectivity index (χ3v) is 5.32. The lowest BCUT2D eigenvalue weighted by atomic mass is 9.88. The first-order valence-corrected chi connectivity index (χ1v) is 7.79. The first kappa shape index (κ1) is 12.1. The van der Waals surface area contributed by atoms with Crippen molar-refractivity contribution in [3.63, 3.8) is 0 Å². The van der Waals surface area contributed by atoms with Crippen molar-refractivity contribution < 1.29 is 9.21 Å². The van der Waals surface area contributed by atoms with Gasteiger partial charge < -0.3 is 9.73 Å². The Kier molecular flexibility index (Phi) is 2.84. The lowest BCUT2D eigenvalue weighted by molar-refractivity contribution is -0.121. The van der Waals surface area contributed by atoms with Gasteiger partial charge in [0.15, 0.2) is 10.8 Å². The molecule has 0 saturated heterocycles. The number of hydrogen-bond donors (Lipinski definition) is 1. The van der Waals surface area contributed by atoms with E-state index in [2.05, 4.69) is 15.5 Å². The van der Waals surface area contributed by atoms with Crippen LogP contribution in [-0.4, -0.2) is 16.1 Å². The Balaban J connectivity index is 1.45. The van der Waals surface area contributed by atoms with Crippen LogP contribution in [0.4, 0.5) is 5.13 Å². The second kappa shape index (κ2) is 4.70. The van der Waals surface area contributed by atoms with Gasteiger partial charge in [0.25, 0.3) is 0 Å². The maximum Gasteiger partial charge on any atom is 0.229 e. The van der Waals surface area contributed by atoms with Crippen molar-refractivity contribution in [2.75, 3.05) is 5.32 Å². The summed E-state index contributed by atoms with van der Waals surface area (Å²) < 4.78 is 5.27. The second-order valence-electron chi connectivity index (χ2n) is 5.66. The molecule has 2 aromatic rings. The molecule has 0 aromatic carbocycles. The van der Waals surface area contributed by atoms with E-state index in [9.17, 15) is 4.79 Å². The molecule has 0 unspecified atom stereocenters. The molecule has 0 aliphatic heterocycles. The molecule has 20 heavy (non-hydrogen) atoms. The Morgan fingerprint density at radius 3 is 3.00 bits per heavy atom. The summed E-state index contributed by atoms with van der Waals surface area (Å²) in [5, 5.41) is 12.2. The highest BCUT2D eigenvalue weighted by atomic mass is 32.1. The van der Waals surface area contributed by atoms with Gasteiger partial charge in [0.1, 0.15) is 0 Å². The van der Waals surface area contributed by atoms with Crippen LogP contribution in [0.2, 0.25) is 0 Å². The molecule has 0 radical (unpaired) electrons. The molecule has 0 spiro atoms. The van der Waals surface area contributed by atoms with E-state index in [0.717, 1.165) is 12.3 Å². The van der Waals surface area contributed by atoms with Gasteiger partial charge in [-0.15, -0.1) is 10.2 Å². The quantitative estimate of drug-likeness (QED) is 0.942. The number of carbonyl (C=O) groups excluding carboxylic acids is 1. The Hall–Kier alpha value is -1.69. The lowest BCUT2D eigenvalue weighted by Crippen LogP contribution is -2.27. The molecule has 2 bridgehead atoms. The molecule has 1 N–H and O–H groups in total. The fourth-order valence-corrected chi connectivity index (χ4v) is 4.25. The summed E-state index contributed by atoms with van der Waals surface area (Å²) in [5.41, 5.74) is 0. The Bertz CT molecular complexity index is 622. The van der Waals surface area contributed by atoms with Gasteiger partial charge in [0.05, 0.1) is 6.26 Å². The van der Waals surface area contributed by atoms with Crippen LogP contribution in [0.25, 0.3) is 10.8 Å². The van der Waals surface area contributed by atoms with Crippen molar-refractivity contribution >= 4 is 22.4 Å². The third-order valence-electron chi connectivity index (χ3n) is 4.46. The predicted octanol–water partition coefficient (Wildman–Crippen LogP) is 3.17. The number of rotatable bonds is 3. The van der Waals surface area contributed by atoms with Gasteiger partial charge in [-0.1, -0.05) is 17.8 Å². The van der Waals surface area contributed by atoms with Crippen molar-refractivity contribution in [1.82, 2.24) is 10.2 Å². The van der Waals surface area contributed by atoms with Crippen molar-refractivity contribution in [2.24, 2.45) is 17.8 Å². The fourth-order valence-electron chi connectivity index (χ4n) is 3.54. The van der Waals surface area contributed by atoms with Crippen LogP contribution in [0.5, 0.6) is 0 Å². The van der Waals surface area contributed by atoms with Crippen LogP contribution in [0, 0.1) is 17.8 Å². The number of carbonyl (C=O) groups is 1. The number of nitrogens with zero attached hydrogens (tertiary/aromatic N) is 2. The molecule has 2 heterocycles. The molecular weight excluding hydrogens is 274 g/mol. The maximum atomic E-state index is 12.3. The summed E-state index contributed by atoms with van der Waals surface area (Å²) in [7, 11) is 0. The minimum atomic E-state index is 0.111. The highest BCUT2D eigenvalue weighted by Crippen LogP contribution is 2.48. The zero-order valence-electron chi connectivity index (χ0n) is 10.9. The molecule has 104 valence electrons. The summed E-state index contributed by atoms with van der Waals surface area (Å²) in [6.07, 6.45) is 6.38. The van der Waals surface area contributed by atoms with Gasteiger partial charge in [-0.2, -0.15) is 0 Å². The molecule has 3 atom stereocenters. The van der Waals surface area contributed by atoms with Gasteiger partial charge in [-0.05, 0) is 43.2 Å². The van der Waals surface area contributed by atoms with Crippen molar-refractivity contribution in [3.05, 3.63) is 18.4 Å². The van der Waals surface area contributed by atoms with E-state index in [1.807, 2.05) is 12.1 Å². The van der Waals surface area contributed by atoms with Crippen molar-refractivity contribution in [2.45, 2.75) is 25.7 Å². The number of furan rings is 1. The monoisotopic (exact) mass is 289 g/mol. The zero-order chi connectivity index (χ0) is 13.5. The minimum Gasteiger partial charge on any atom is -0.462 e. The molecule has 2 fully saturated rings. The topological polar surface area (TPSA) is 68.0 Å². The number of hydrogen-bond acceptors (Lipinski definition) is 5. The van der Waals surface area contributed by atoms with Crippen LogP contribution >= 0.6 is 11.3 Å². The van der Waals surface area contributed by atoms with E-state index in [-0.39, 0.29) is 11.8 Å². The average Bonchev–Trinajstić information content (AvgIpc) is 3.22. The summed E-state index contributed by atoms with van der Waals surface area (Å²) in [5.74, 6) is 2.31. The predicted molar refractivity (Wildman–Crippen MR) is 75.2 cm³/mol. The number of aromatic nitrogens is 2. The number of amides is 1. The number of nitrogens with one attached hydrogen (secondary N) is 1. The summed E-state index contributed by atoms with van der Waals surface area (Å²) in [6.45, 7) is 0.